The maximum Gasteiger partial charge on any atom is 0.251 e. The van der Waals surface area contributed by atoms with Gasteiger partial charge in [0.15, 0.2) is 5.13 Å². The number of hydrogen-bond acceptors (Lipinski definition) is 4. The summed E-state index contributed by atoms with van der Waals surface area (Å²) in [5.74, 6) is -0.459. The van der Waals surface area contributed by atoms with E-state index in [0.29, 0.717) is 11.6 Å². The smallest absolute Gasteiger partial charge is 0.251 e. The van der Waals surface area contributed by atoms with Gasteiger partial charge in [-0.3, -0.25) is 10.1 Å². The van der Waals surface area contributed by atoms with Crippen molar-refractivity contribution >= 4 is 34.0 Å². The average molecular weight is 297 g/mol. The van der Waals surface area contributed by atoms with Gasteiger partial charge < -0.3 is 5.11 Å². The number of thiazole rings is 1. The van der Waals surface area contributed by atoms with Gasteiger partial charge in [-0.15, -0.1) is 11.3 Å². The molecule has 2 rings (SSSR count). The zero-order valence-corrected chi connectivity index (χ0v) is 11.9. The van der Waals surface area contributed by atoms with Crippen LogP contribution in [0.5, 0.6) is 0 Å². The number of benzene rings is 1. The normalized spacial score (nSPS) is 10.5. The summed E-state index contributed by atoms with van der Waals surface area (Å²) in [6.07, 6.45) is 2.43. The molecule has 4 nitrogen and oxygen atoms in total. The molecule has 1 heterocycles. The van der Waals surface area contributed by atoms with Crippen molar-refractivity contribution in [2.24, 2.45) is 0 Å². The predicted molar refractivity (Wildman–Crippen MR) is 76.8 cm³/mol. The lowest BCUT2D eigenvalue weighted by atomic mass is 10.1. The molecule has 6 heteroatoms. The number of carbonyl (C=O) groups excluding carboxylic acids is 1. The van der Waals surface area contributed by atoms with Crippen LogP contribution < -0.4 is 5.32 Å². The van der Waals surface area contributed by atoms with Crippen molar-refractivity contribution in [1.29, 1.82) is 0 Å². The van der Waals surface area contributed by atoms with Crippen LogP contribution >= 0.6 is 22.9 Å². The van der Waals surface area contributed by atoms with E-state index >= 15 is 0 Å². The highest BCUT2D eigenvalue weighted by atomic mass is 35.5. The predicted octanol–water partition coefficient (Wildman–Crippen LogP) is 2.63. The van der Waals surface area contributed by atoms with Gasteiger partial charge in [-0.2, -0.15) is 0 Å². The lowest BCUT2D eigenvalue weighted by Crippen LogP contribution is -2.14. The standard InChI is InChI=1S/C13H13ClN2O2S/c1-8-2-3-9(5-11(8)14)4-10-6-15-13(19-10)16-12(18)7-17/h2-3,5-6,17H,4,7H2,1H3,(H,15,16,18). The summed E-state index contributed by atoms with van der Waals surface area (Å²) in [6.45, 7) is 1.42. The fourth-order valence-electron chi connectivity index (χ4n) is 1.55. The Kier molecular flexibility index (Phi) is 4.52. The number of amides is 1. The van der Waals surface area contributed by atoms with E-state index in [4.69, 9.17) is 16.7 Å². The molecule has 0 spiro atoms. The molecule has 0 radical (unpaired) electrons. The summed E-state index contributed by atoms with van der Waals surface area (Å²) in [4.78, 5) is 16.1. The number of anilines is 1. The maximum atomic E-state index is 11.0. The van der Waals surface area contributed by atoms with Gasteiger partial charge in [-0.1, -0.05) is 23.7 Å². The molecule has 0 aliphatic rings. The van der Waals surface area contributed by atoms with Gasteiger partial charge in [-0.25, -0.2) is 4.98 Å². The molecule has 1 aromatic heterocycles. The van der Waals surface area contributed by atoms with Gasteiger partial charge in [0, 0.05) is 22.5 Å². The number of aliphatic hydroxyl groups excluding tert-OH is 1. The first-order valence-electron chi connectivity index (χ1n) is 5.69. The number of aromatic nitrogens is 1. The third kappa shape index (κ3) is 3.76. The molecular weight excluding hydrogens is 284 g/mol. The van der Waals surface area contributed by atoms with Crippen molar-refractivity contribution in [1.82, 2.24) is 4.98 Å². The highest BCUT2D eigenvalue weighted by Gasteiger charge is 2.07. The van der Waals surface area contributed by atoms with Crippen LogP contribution in [0.4, 0.5) is 5.13 Å². The van der Waals surface area contributed by atoms with Gasteiger partial charge in [0.25, 0.3) is 5.91 Å². The molecule has 2 N–H and O–H groups in total. The summed E-state index contributed by atoms with van der Waals surface area (Å²) in [5.41, 5.74) is 2.14. The van der Waals surface area contributed by atoms with Gasteiger partial charge in [-0.05, 0) is 24.1 Å². The van der Waals surface area contributed by atoms with Gasteiger partial charge >= 0.3 is 0 Å². The molecule has 0 bridgehead atoms. The van der Waals surface area contributed by atoms with Crippen LogP contribution in [0.2, 0.25) is 5.02 Å². The first kappa shape index (κ1) is 14.0. The molecule has 100 valence electrons. The molecule has 1 amide bonds. The Morgan fingerprint density at radius 2 is 2.32 bits per heavy atom. The third-order valence-electron chi connectivity index (χ3n) is 2.56. The van der Waals surface area contributed by atoms with Crippen LogP contribution in [-0.4, -0.2) is 22.6 Å². The Hall–Kier alpha value is -1.43. The van der Waals surface area contributed by atoms with E-state index < -0.39 is 12.5 Å². The van der Waals surface area contributed by atoms with Gasteiger partial charge in [0.2, 0.25) is 0 Å². The van der Waals surface area contributed by atoms with Crippen LogP contribution in [0.1, 0.15) is 16.0 Å². The number of nitrogens with one attached hydrogen (secondary N) is 1. The third-order valence-corrected chi connectivity index (χ3v) is 3.88. The molecule has 1 aromatic carbocycles. The molecule has 19 heavy (non-hydrogen) atoms. The van der Waals surface area contributed by atoms with E-state index in [0.717, 1.165) is 21.0 Å². The first-order valence-corrected chi connectivity index (χ1v) is 6.88. The van der Waals surface area contributed by atoms with Crippen molar-refractivity contribution in [3.05, 3.63) is 45.4 Å². The fourth-order valence-corrected chi connectivity index (χ4v) is 2.62. The zero-order chi connectivity index (χ0) is 13.8. The Labute approximate surface area is 120 Å². The second-order valence-corrected chi connectivity index (χ2v) is 5.62. The highest BCUT2D eigenvalue weighted by Crippen LogP contribution is 2.23. The van der Waals surface area contributed by atoms with Crippen molar-refractivity contribution in [3.63, 3.8) is 0 Å². The summed E-state index contributed by atoms with van der Waals surface area (Å²) >= 11 is 7.46. The fraction of sp³-hybridized carbons (Fsp3) is 0.231. The van der Waals surface area contributed by atoms with Crippen molar-refractivity contribution < 1.29 is 9.90 Å². The largest absolute Gasteiger partial charge is 0.387 e. The number of aliphatic hydroxyl groups is 1. The summed E-state index contributed by atoms with van der Waals surface area (Å²) < 4.78 is 0. The summed E-state index contributed by atoms with van der Waals surface area (Å²) in [6, 6.07) is 5.93. The van der Waals surface area contributed by atoms with Crippen LogP contribution in [0.25, 0.3) is 0 Å². The van der Waals surface area contributed by atoms with Gasteiger partial charge in [0.1, 0.15) is 6.61 Å². The second-order valence-electron chi connectivity index (χ2n) is 4.10. The van der Waals surface area contributed by atoms with E-state index in [9.17, 15) is 4.79 Å². The Morgan fingerprint density at radius 1 is 1.53 bits per heavy atom. The molecular formula is C13H13ClN2O2S. The number of rotatable bonds is 4. The van der Waals surface area contributed by atoms with Crippen LogP contribution in [0.15, 0.2) is 24.4 Å². The molecule has 0 atom stereocenters. The molecule has 0 fully saturated rings. The van der Waals surface area contributed by atoms with E-state index in [1.54, 1.807) is 6.20 Å². The van der Waals surface area contributed by atoms with E-state index in [-0.39, 0.29) is 0 Å². The maximum absolute atomic E-state index is 11.0. The van der Waals surface area contributed by atoms with Crippen molar-refractivity contribution in [2.75, 3.05) is 11.9 Å². The molecule has 2 aromatic rings. The molecule has 0 aliphatic heterocycles. The first-order chi connectivity index (χ1) is 9.08. The number of aryl methyl sites for hydroxylation is 1. The highest BCUT2D eigenvalue weighted by molar-refractivity contribution is 7.15. The topological polar surface area (TPSA) is 62.2 Å². The zero-order valence-electron chi connectivity index (χ0n) is 10.3. The van der Waals surface area contributed by atoms with E-state index in [2.05, 4.69) is 10.3 Å². The van der Waals surface area contributed by atoms with Crippen LogP contribution in [0, 0.1) is 6.92 Å². The van der Waals surface area contributed by atoms with E-state index in [1.165, 1.54) is 11.3 Å². The monoisotopic (exact) mass is 296 g/mol. The number of nitrogens with zero attached hydrogens (tertiary/aromatic N) is 1. The minimum absolute atomic E-state index is 0.459. The lowest BCUT2D eigenvalue weighted by molar-refractivity contribution is -0.118. The number of hydrogen-bond donors (Lipinski definition) is 2. The Balaban J connectivity index is 2.07. The lowest BCUT2D eigenvalue weighted by Gasteiger charge is -2.02. The molecule has 0 unspecified atom stereocenters. The van der Waals surface area contributed by atoms with Crippen LogP contribution in [-0.2, 0) is 11.2 Å². The average Bonchev–Trinajstić information content (AvgIpc) is 2.81. The second kappa shape index (κ2) is 6.14. The molecule has 0 saturated heterocycles. The number of carbonyl (C=O) groups is 1. The summed E-state index contributed by atoms with van der Waals surface area (Å²) in [7, 11) is 0. The van der Waals surface area contributed by atoms with Crippen LogP contribution in [0.3, 0.4) is 0 Å². The Bertz CT molecular complexity index is 598. The summed E-state index contributed by atoms with van der Waals surface area (Å²) in [5, 5.41) is 12.4. The Morgan fingerprint density at radius 3 is 3.00 bits per heavy atom. The SMILES string of the molecule is Cc1ccc(Cc2cnc(NC(=O)CO)s2)cc1Cl. The number of halogens is 1. The minimum Gasteiger partial charge on any atom is -0.387 e. The van der Waals surface area contributed by atoms with Crippen molar-refractivity contribution in [2.45, 2.75) is 13.3 Å². The molecule has 0 saturated carbocycles. The van der Waals surface area contributed by atoms with E-state index in [1.807, 2.05) is 25.1 Å². The quantitative estimate of drug-likeness (QED) is 0.912. The molecule has 0 aliphatic carbocycles. The minimum atomic E-state index is -0.539. The van der Waals surface area contributed by atoms with Gasteiger partial charge in [0.05, 0.1) is 0 Å². The van der Waals surface area contributed by atoms with Crippen molar-refractivity contribution in [3.8, 4) is 0 Å².